The lowest BCUT2D eigenvalue weighted by Gasteiger charge is -2.45. The van der Waals surface area contributed by atoms with Crippen molar-refractivity contribution < 1.29 is 28.6 Å². The zero-order chi connectivity index (χ0) is 25.9. The number of urea groups is 1. The fourth-order valence-corrected chi connectivity index (χ4v) is 5.21. The molecule has 0 spiro atoms. The van der Waals surface area contributed by atoms with Crippen LogP contribution < -0.4 is 4.90 Å². The van der Waals surface area contributed by atoms with Gasteiger partial charge in [-0.25, -0.2) is 18.8 Å². The van der Waals surface area contributed by atoms with E-state index in [-0.39, 0.29) is 18.7 Å². The summed E-state index contributed by atoms with van der Waals surface area (Å²) in [4.78, 5) is 43.8. The molecule has 0 radical (unpaired) electrons. The average molecular weight is 504 g/mol. The highest BCUT2D eigenvalue weighted by molar-refractivity contribution is 6.01. The van der Waals surface area contributed by atoms with Crippen molar-refractivity contribution in [1.29, 1.82) is 0 Å². The number of rotatable bonds is 5. The Bertz CT molecular complexity index is 1250. The van der Waals surface area contributed by atoms with Gasteiger partial charge in [0.2, 0.25) is 0 Å². The summed E-state index contributed by atoms with van der Waals surface area (Å²) in [5.74, 6) is -1.69. The van der Waals surface area contributed by atoms with Crippen LogP contribution >= 0.6 is 0 Å². The van der Waals surface area contributed by atoms with Gasteiger partial charge in [0.25, 0.3) is 0 Å². The van der Waals surface area contributed by atoms with Gasteiger partial charge in [0.1, 0.15) is 12.4 Å². The number of carboxylic acid groups (broad SMARTS) is 1. The number of likely N-dealkylation sites (tertiary alicyclic amines) is 1. The summed E-state index contributed by atoms with van der Waals surface area (Å²) in [5.41, 5.74) is 1.43. The molecule has 37 heavy (non-hydrogen) atoms. The van der Waals surface area contributed by atoms with Crippen LogP contribution in [0, 0.1) is 5.82 Å². The predicted octanol–water partition coefficient (Wildman–Crippen LogP) is 5.02. The summed E-state index contributed by atoms with van der Waals surface area (Å²) in [6, 6.07) is 21.1. The summed E-state index contributed by atoms with van der Waals surface area (Å²) in [6.07, 6.45) is 0.234. The molecule has 3 aromatic carbocycles. The highest BCUT2D eigenvalue weighted by atomic mass is 19.1. The van der Waals surface area contributed by atoms with Crippen LogP contribution in [-0.2, 0) is 16.1 Å². The van der Waals surface area contributed by atoms with Crippen molar-refractivity contribution in [3.05, 3.63) is 96.3 Å². The van der Waals surface area contributed by atoms with Crippen molar-refractivity contribution in [2.75, 3.05) is 11.4 Å². The maximum Gasteiger partial charge on any atom is 0.410 e. The number of benzene rings is 3. The zero-order valence-corrected chi connectivity index (χ0v) is 19.9. The van der Waals surface area contributed by atoms with E-state index in [1.54, 1.807) is 60.7 Å². The second-order valence-corrected chi connectivity index (χ2v) is 9.08. The Morgan fingerprint density at radius 3 is 2.08 bits per heavy atom. The minimum absolute atomic E-state index is 0.0390. The zero-order valence-electron chi connectivity index (χ0n) is 19.9. The summed E-state index contributed by atoms with van der Waals surface area (Å²) in [5, 5.41) is 10.2. The van der Waals surface area contributed by atoms with Crippen LogP contribution in [0.4, 0.5) is 25.4 Å². The summed E-state index contributed by atoms with van der Waals surface area (Å²) in [6.45, 7) is -0.227. The van der Waals surface area contributed by atoms with E-state index in [0.29, 0.717) is 24.2 Å². The van der Waals surface area contributed by atoms with Crippen molar-refractivity contribution in [3.8, 4) is 0 Å². The number of para-hydroxylation sites is 2. The third-order valence-electron chi connectivity index (χ3n) is 6.89. The van der Waals surface area contributed by atoms with Gasteiger partial charge in [0, 0.05) is 12.1 Å². The Morgan fingerprint density at radius 2 is 1.49 bits per heavy atom. The number of fused-ring (bicyclic) bond motifs is 2. The molecule has 2 bridgehead atoms. The normalized spacial score (nSPS) is 20.4. The molecule has 3 aromatic rings. The third kappa shape index (κ3) is 4.72. The van der Waals surface area contributed by atoms with Gasteiger partial charge in [0.05, 0.1) is 23.5 Å². The van der Waals surface area contributed by atoms with Crippen LogP contribution in [0.5, 0.6) is 0 Å². The third-order valence-corrected chi connectivity index (χ3v) is 6.89. The van der Waals surface area contributed by atoms with Crippen LogP contribution in [0.25, 0.3) is 0 Å². The minimum Gasteiger partial charge on any atom is -0.480 e. The Hall–Kier alpha value is -4.40. The van der Waals surface area contributed by atoms with Crippen molar-refractivity contribution in [3.63, 3.8) is 0 Å². The highest BCUT2D eigenvalue weighted by Crippen LogP contribution is 2.37. The SMILES string of the molecule is O=C(O)[C@@H]1[C@H]2CC[C@@H](CN1C(=O)N(c1ccccc1)c1ccccc1)N2C(=O)OCc1ccccc1F. The van der Waals surface area contributed by atoms with Gasteiger partial charge in [-0.15, -0.1) is 0 Å². The number of halogens is 1. The molecule has 3 atom stereocenters. The number of carboxylic acids is 1. The predicted molar refractivity (Wildman–Crippen MR) is 134 cm³/mol. The Kier molecular flexibility index (Phi) is 6.76. The second-order valence-electron chi connectivity index (χ2n) is 9.08. The van der Waals surface area contributed by atoms with Crippen molar-refractivity contribution in [1.82, 2.24) is 9.80 Å². The summed E-state index contributed by atoms with van der Waals surface area (Å²) < 4.78 is 19.4. The summed E-state index contributed by atoms with van der Waals surface area (Å²) >= 11 is 0. The monoisotopic (exact) mass is 503 g/mol. The molecule has 2 heterocycles. The largest absolute Gasteiger partial charge is 0.480 e. The molecular weight excluding hydrogens is 477 g/mol. The number of aliphatic carboxylic acids is 1. The Labute approximate surface area is 213 Å². The molecule has 1 N–H and O–H groups in total. The molecule has 0 aromatic heterocycles. The smallest absolute Gasteiger partial charge is 0.410 e. The quantitative estimate of drug-likeness (QED) is 0.528. The van der Waals surface area contributed by atoms with Gasteiger partial charge in [-0.05, 0) is 43.2 Å². The first-order valence-electron chi connectivity index (χ1n) is 12.1. The molecule has 9 heteroatoms. The lowest BCUT2D eigenvalue weighted by Crippen LogP contribution is -2.66. The molecule has 0 saturated carbocycles. The minimum atomic E-state index is -1.26. The Morgan fingerprint density at radius 1 is 0.892 bits per heavy atom. The number of carbonyl (C=O) groups excluding carboxylic acids is 2. The van der Waals surface area contributed by atoms with Gasteiger partial charge in [0.15, 0.2) is 6.04 Å². The van der Waals surface area contributed by atoms with Crippen LogP contribution in [-0.4, -0.2) is 57.7 Å². The number of hydrogen-bond acceptors (Lipinski definition) is 4. The Balaban J connectivity index is 1.41. The van der Waals surface area contributed by atoms with Crippen LogP contribution in [0.3, 0.4) is 0 Å². The van der Waals surface area contributed by atoms with E-state index < -0.39 is 42.0 Å². The number of carbonyl (C=O) groups is 3. The molecule has 5 rings (SSSR count). The van der Waals surface area contributed by atoms with Gasteiger partial charge in [-0.2, -0.15) is 0 Å². The summed E-state index contributed by atoms with van der Waals surface area (Å²) in [7, 11) is 0. The molecule has 2 saturated heterocycles. The van der Waals surface area contributed by atoms with Crippen molar-refractivity contribution in [2.24, 2.45) is 0 Å². The van der Waals surface area contributed by atoms with E-state index in [0.717, 1.165) is 0 Å². The van der Waals surface area contributed by atoms with E-state index >= 15 is 0 Å². The number of anilines is 2. The van der Waals surface area contributed by atoms with Gasteiger partial charge < -0.3 is 14.7 Å². The number of hydrogen-bond donors (Lipinski definition) is 1. The van der Waals surface area contributed by atoms with Crippen LogP contribution in [0.2, 0.25) is 0 Å². The lowest BCUT2D eigenvalue weighted by atomic mass is 10.0. The molecule has 3 amide bonds. The number of nitrogens with zero attached hydrogens (tertiary/aromatic N) is 3. The molecule has 190 valence electrons. The number of piperazine rings is 1. The molecular formula is C28H26FN3O5. The van der Waals surface area contributed by atoms with Crippen molar-refractivity contribution in [2.45, 2.75) is 37.6 Å². The topological polar surface area (TPSA) is 90.4 Å². The lowest BCUT2D eigenvalue weighted by molar-refractivity contribution is -0.146. The van der Waals surface area contributed by atoms with Crippen LogP contribution in [0.1, 0.15) is 18.4 Å². The van der Waals surface area contributed by atoms with E-state index in [1.807, 2.05) is 12.1 Å². The average Bonchev–Trinajstić information content (AvgIpc) is 3.21. The molecule has 2 aliphatic rings. The first-order valence-corrected chi connectivity index (χ1v) is 12.1. The highest BCUT2D eigenvalue weighted by Gasteiger charge is 2.54. The molecule has 8 nitrogen and oxygen atoms in total. The van der Waals surface area contributed by atoms with Gasteiger partial charge in [-0.1, -0.05) is 54.6 Å². The fourth-order valence-electron chi connectivity index (χ4n) is 5.21. The van der Waals surface area contributed by atoms with E-state index in [4.69, 9.17) is 4.74 Å². The number of amides is 3. The first kappa shape index (κ1) is 24.3. The van der Waals surface area contributed by atoms with E-state index in [1.165, 1.54) is 26.8 Å². The maximum absolute atomic E-state index is 14.0. The van der Waals surface area contributed by atoms with Gasteiger partial charge >= 0.3 is 18.1 Å². The fraction of sp³-hybridized carbons (Fsp3) is 0.250. The molecule has 2 aliphatic heterocycles. The standard InChI is InChI=1S/C28H26FN3O5/c29-23-14-8-7-9-19(23)18-37-28(36)32-22-15-16-24(32)25(26(33)34)30(17-22)27(35)31(20-10-3-1-4-11-20)21-12-5-2-6-13-21/h1-14,22,24-25H,15-18H2,(H,33,34)/t22-,24+,25-/m0/s1. The van der Waals surface area contributed by atoms with Gasteiger partial charge in [-0.3, -0.25) is 9.80 Å². The molecule has 0 unspecified atom stereocenters. The van der Waals surface area contributed by atoms with E-state index in [9.17, 15) is 23.9 Å². The maximum atomic E-state index is 14.0. The molecule has 2 fully saturated rings. The van der Waals surface area contributed by atoms with E-state index in [2.05, 4.69) is 0 Å². The second kappa shape index (κ2) is 10.3. The van der Waals surface area contributed by atoms with Crippen molar-refractivity contribution >= 4 is 29.5 Å². The number of ether oxygens (including phenoxy) is 1. The first-order chi connectivity index (χ1) is 18.0. The van der Waals surface area contributed by atoms with Crippen LogP contribution in [0.15, 0.2) is 84.9 Å². The molecule has 0 aliphatic carbocycles.